The lowest BCUT2D eigenvalue weighted by Gasteiger charge is -2.28. The minimum atomic E-state index is 0.0136. The molecule has 0 unspecified atom stereocenters. The highest BCUT2D eigenvalue weighted by atomic mass is 32.2. The molecule has 0 amide bonds. The third-order valence-electron chi connectivity index (χ3n) is 4.21. The Hall–Kier alpha value is -1.59. The number of aromatic nitrogens is 2. The molecule has 0 aliphatic carbocycles. The number of thioether (sulfide) groups is 1. The van der Waals surface area contributed by atoms with Gasteiger partial charge in [-0.25, -0.2) is 4.98 Å². The number of aryl methyl sites for hydroxylation is 2. The molecule has 0 spiro atoms. The molecule has 0 atom stereocenters. The van der Waals surface area contributed by atoms with Gasteiger partial charge in [-0.3, -0.25) is 9.69 Å². The fraction of sp³-hybridized carbons (Fsp3) is 0.412. The van der Waals surface area contributed by atoms with E-state index in [0.717, 1.165) is 30.8 Å². The molecular weight excluding hydrogens is 294 g/mol. The molecule has 0 radical (unpaired) electrons. The summed E-state index contributed by atoms with van der Waals surface area (Å²) in [6.07, 6.45) is 2.78. The number of nitrogens with zero attached hydrogens (tertiary/aromatic N) is 2. The highest BCUT2D eigenvalue weighted by Gasteiger charge is 2.21. The molecule has 0 fully saturated rings. The van der Waals surface area contributed by atoms with Gasteiger partial charge in [0.2, 0.25) is 0 Å². The zero-order valence-electron chi connectivity index (χ0n) is 13.3. The minimum Gasteiger partial charge on any atom is -0.301 e. The summed E-state index contributed by atoms with van der Waals surface area (Å²) in [5.41, 5.74) is 5.74. The fourth-order valence-electron chi connectivity index (χ4n) is 2.95. The van der Waals surface area contributed by atoms with Gasteiger partial charge in [0, 0.05) is 26.1 Å². The van der Waals surface area contributed by atoms with E-state index < -0.39 is 0 Å². The van der Waals surface area contributed by atoms with Crippen LogP contribution in [0.1, 0.15) is 27.9 Å². The van der Waals surface area contributed by atoms with Crippen molar-refractivity contribution in [2.45, 2.75) is 38.5 Å². The van der Waals surface area contributed by atoms with Crippen LogP contribution in [-0.4, -0.2) is 27.7 Å². The molecule has 2 heterocycles. The maximum atomic E-state index is 12.2. The zero-order valence-corrected chi connectivity index (χ0v) is 14.1. The number of hydrogen-bond donors (Lipinski definition) is 1. The number of H-pyrrole nitrogens is 1. The Morgan fingerprint density at radius 3 is 2.91 bits per heavy atom. The van der Waals surface area contributed by atoms with Crippen LogP contribution >= 0.6 is 11.8 Å². The smallest absolute Gasteiger partial charge is 0.256 e. The lowest BCUT2D eigenvalue weighted by molar-refractivity contribution is 0.240. The third kappa shape index (κ3) is 3.10. The van der Waals surface area contributed by atoms with Crippen LogP contribution < -0.4 is 5.56 Å². The maximum absolute atomic E-state index is 12.2. The number of hydrogen-bond acceptors (Lipinski definition) is 4. The van der Waals surface area contributed by atoms with Crippen molar-refractivity contribution < 1.29 is 0 Å². The standard InChI is InChI=1S/C17H21N3OS/c1-11-4-5-13(12(2)8-11)9-20-7-6-15-14(10-20)16(21)19-17(18-15)22-3/h4-5,8H,6-7,9-10H2,1-3H3,(H,18,19,21). The zero-order chi connectivity index (χ0) is 15.7. The second-order valence-electron chi connectivity index (χ2n) is 5.89. The summed E-state index contributed by atoms with van der Waals surface area (Å²) >= 11 is 1.48. The molecular formula is C17H21N3OS. The number of nitrogens with one attached hydrogen (secondary N) is 1. The minimum absolute atomic E-state index is 0.0136. The van der Waals surface area contributed by atoms with Gasteiger partial charge >= 0.3 is 0 Å². The molecule has 1 aromatic heterocycles. The second-order valence-corrected chi connectivity index (χ2v) is 6.69. The van der Waals surface area contributed by atoms with Gasteiger partial charge in [-0.05, 0) is 31.2 Å². The molecule has 4 nitrogen and oxygen atoms in total. The first-order valence-electron chi connectivity index (χ1n) is 7.51. The topological polar surface area (TPSA) is 49.0 Å². The maximum Gasteiger partial charge on any atom is 0.256 e. The highest BCUT2D eigenvalue weighted by molar-refractivity contribution is 7.98. The monoisotopic (exact) mass is 315 g/mol. The normalized spacial score (nSPS) is 14.9. The molecule has 0 bridgehead atoms. The van der Waals surface area contributed by atoms with Crippen LogP contribution in [0, 0.1) is 13.8 Å². The van der Waals surface area contributed by atoms with Crippen LogP contribution in [0.25, 0.3) is 0 Å². The lowest BCUT2D eigenvalue weighted by atomic mass is 10.0. The quantitative estimate of drug-likeness (QED) is 0.699. The highest BCUT2D eigenvalue weighted by Crippen LogP contribution is 2.20. The molecule has 2 aromatic rings. The summed E-state index contributed by atoms with van der Waals surface area (Å²) in [6.45, 7) is 6.78. The van der Waals surface area contributed by atoms with E-state index in [1.807, 2.05) is 6.26 Å². The van der Waals surface area contributed by atoms with E-state index in [9.17, 15) is 4.79 Å². The van der Waals surface area contributed by atoms with Crippen molar-refractivity contribution in [2.24, 2.45) is 0 Å². The Kier molecular flexibility index (Phi) is 4.36. The largest absolute Gasteiger partial charge is 0.301 e. The van der Waals surface area contributed by atoms with E-state index >= 15 is 0 Å². The Morgan fingerprint density at radius 1 is 1.36 bits per heavy atom. The van der Waals surface area contributed by atoms with E-state index in [4.69, 9.17) is 0 Å². The number of benzene rings is 1. The van der Waals surface area contributed by atoms with Gasteiger partial charge in [0.25, 0.3) is 5.56 Å². The molecule has 1 N–H and O–H groups in total. The van der Waals surface area contributed by atoms with E-state index in [1.54, 1.807) is 0 Å². The SMILES string of the molecule is CSc1nc2c(c(=O)[nH]1)CN(Cc1ccc(C)cc1C)CC2. The Balaban J connectivity index is 1.81. The van der Waals surface area contributed by atoms with Gasteiger partial charge in [0.05, 0.1) is 11.3 Å². The van der Waals surface area contributed by atoms with Gasteiger partial charge in [-0.15, -0.1) is 0 Å². The van der Waals surface area contributed by atoms with Crippen molar-refractivity contribution in [3.63, 3.8) is 0 Å². The molecule has 3 rings (SSSR count). The predicted octanol–water partition coefficient (Wildman–Crippen LogP) is 2.67. The van der Waals surface area contributed by atoms with E-state index in [2.05, 4.69) is 46.9 Å². The number of rotatable bonds is 3. The summed E-state index contributed by atoms with van der Waals surface area (Å²) < 4.78 is 0. The van der Waals surface area contributed by atoms with Crippen LogP contribution in [0.4, 0.5) is 0 Å². The van der Waals surface area contributed by atoms with Gasteiger partial charge in [0.1, 0.15) is 0 Å². The van der Waals surface area contributed by atoms with Crippen molar-refractivity contribution in [1.82, 2.24) is 14.9 Å². The first-order valence-corrected chi connectivity index (χ1v) is 8.74. The van der Waals surface area contributed by atoms with E-state index in [1.165, 1.54) is 28.5 Å². The van der Waals surface area contributed by atoms with Crippen molar-refractivity contribution in [1.29, 1.82) is 0 Å². The number of aromatic amines is 1. The van der Waals surface area contributed by atoms with Crippen molar-refractivity contribution >= 4 is 11.8 Å². The first kappa shape index (κ1) is 15.3. The van der Waals surface area contributed by atoms with Crippen LogP contribution in [0.3, 0.4) is 0 Å². The van der Waals surface area contributed by atoms with Crippen LogP contribution in [-0.2, 0) is 19.5 Å². The molecule has 1 aromatic carbocycles. The summed E-state index contributed by atoms with van der Waals surface area (Å²) in [6, 6.07) is 6.56. The summed E-state index contributed by atoms with van der Waals surface area (Å²) in [5.74, 6) is 0. The molecule has 116 valence electrons. The number of fused-ring (bicyclic) bond motifs is 1. The Labute approximate surface area is 135 Å². The Morgan fingerprint density at radius 2 is 2.18 bits per heavy atom. The van der Waals surface area contributed by atoms with E-state index in [-0.39, 0.29) is 5.56 Å². The molecule has 5 heteroatoms. The van der Waals surface area contributed by atoms with Gasteiger partial charge in [-0.1, -0.05) is 35.5 Å². The van der Waals surface area contributed by atoms with Crippen molar-refractivity contribution in [3.8, 4) is 0 Å². The van der Waals surface area contributed by atoms with Crippen LogP contribution in [0.15, 0.2) is 28.2 Å². The van der Waals surface area contributed by atoms with Gasteiger partial charge < -0.3 is 4.98 Å². The first-order chi connectivity index (χ1) is 10.6. The lowest BCUT2D eigenvalue weighted by Crippen LogP contribution is -2.35. The average Bonchev–Trinajstić information content (AvgIpc) is 2.50. The molecule has 0 saturated carbocycles. The van der Waals surface area contributed by atoms with Gasteiger partial charge in [0.15, 0.2) is 5.16 Å². The molecule has 0 saturated heterocycles. The fourth-order valence-corrected chi connectivity index (χ4v) is 3.35. The van der Waals surface area contributed by atoms with Crippen LogP contribution in [0.5, 0.6) is 0 Å². The van der Waals surface area contributed by atoms with Crippen molar-refractivity contribution in [2.75, 3.05) is 12.8 Å². The van der Waals surface area contributed by atoms with Crippen molar-refractivity contribution in [3.05, 3.63) is 56.5 Å². The Bertz CT molecular complexity index is 754. The van der Waals surface area contributed by atoms with Gasteiger partial charge in [-0.2, -0.15) is 0 Å². The summed E-state index contributed by atoms with van der Waals surface area (Å²) in [7, 11) is 0. The molecule has 22 heavy (non-hydrogen) atoms. The molecule has 1 aliphatic heterocycles. The summed E-state index contributed by atoms with van der Waals surface area (Å²) in [5, 5.41) is 0.714. The third-order valence-corrected chi connectivity index (χ3v) is 4.79. The second kappa shape index (κ2) is 6.26. The average molecular weight is 315 g/mol. The van der Waals surface area contributed by atoms with E-state index in [0.29, 0.717) is 11.7 Å². The summed E-state index contributed by atoms with van der Waals surface area (Å²) in [4.78, 5) is 21.9. The predicted molar refractivity (Wildman–Crippen MR) is 90.4 cm³/mol. The van der Waals surface area contributed by atoms with Crippen LogP contribution in [0.2, 0.25) is 0 Å². The molecule has 1 aliphatic rings.